The van der Waals surface area contributed by atoms with Crippen molar-refractivity contribution in [1.29, 1.82) is 0 Å². The fraction of sp³-hybridized carbons (Fsp3) is 0.320. The molecule has 3 N–H and O–H groups in total. The summed E-state index contributed by atoms with van der Waals surface area (Å²) in [5.41, 5.74) is 0.330. The van der Waals surface area contributed by atoms with E-state index in [1.807, 2.05) is 24.3 Å². The van der Waals surface area contributed by atoms with Crippen LogP contribution in [0.15, 0.2) is 54.7 Å². The third-order valence-corrected chi connectivity index (χ3v) is 6.53. The van der Waals surface area contributed by atoms with Crippen molar-refractivity contribution in [2.75, 3.05) is 38.8 Å². The van der Waals surface area contributed by atoms with Gasteiger partial charge in [0.1, 0.15) is 24.3 Å². The number of pyridine rings is 1. The van der Waals surface area contributed by atoms with Crippen LogP contribution >= 0.6 is 19.4 Å². The van der Waals surface area contributed by atoms with E-state index in [0.29, 0.717) is 5.56 Å². The molecule has 0 saturated heterocycles. The molecular weight excluding hydrogens is 632 g/mol. The van der Waals surface area contributed by atoms with E-state index in [-0.39, 0.29) is 89.7 Å². The van der Waals surface area contributed by atoms with Crippen LogP contribution in [0.3, 0.4) is 0 Å². The maximum atomic E-state index is 13.7. The number of hydrogen-bond donors (Lipinski definition) is 3. The molecule has 2 atom stereocenters. The minimum Gasteiger partial charge on any atom is -0.790 e. The first-order valence-corrected chi connectivity index (χ1v) is 13.9. The van der Waals surface area contributed by atoms with E-state index in [4.69, 9.17) is 21.1 Å². The van der Waals surface area contributed by atoms with Crippen molar-refractivity contribution in [2.45, 2.75) is 18.7 Å². The number of carbonyl (C=O) groups is 2. The molecule has 3 rings (SSSR count). The van der Waals surface area contributed by atoms with Gasteiger partial charge in [0.25, 0.3) is 0 Å². The fourth-order valence-corrected chi connectivity index (χ4v) is 4.00. The number of rotatable bonds is 13. The molecule has 18 heteroatoms. The number of likely N-dealkylation sites (N-methyl/N-ethyl adjacent to an activating group) is 1. The SMILES string of the molecule is CN(C(=O)NCc1cccc(F)c1Cl)[C@@H](COC[C@@H](O)COP(=O)([O-])[O-])COC(=O)Nc1cc2ccccc2cn1.[Na+].[Na+]. The molecule has 2 aromatic carbocycles. The number of aliphatic hydroxyl groups is 1. The maximum absolute atomic E-state index is 13.7. The predicted octanol–water partition coefficient (Wildman–Crippen LogP) is -3.98. The first-order valence-electron chi connectivity index (χ1n) is 12.1. The molecule has 0 aliphatic heterocycles. The monoisotopic (exact) mass is 658 g/mol. The Morgan fingerprint density at radius 1 is 1.09 bits per heavy atom. The van der Waals surface area contributed by atoms with E-state index in [2.05, 4.69) is 20.1 Å². The number of urea groups is 1. The minimum absolute atomic E-state index is 0. The van der Waals surface area contributed by atoms with Gasteiger partial charge in [0.2, 0.25) is 0 Å². The number of hydrogen-bond acceptors (Lipinski definition) is 10. The second-order valence-electron chi connectivity index (χ2n) is 8.71. The number of anilines is 1. The van der Waals surface area contributed by atoms with Gasteiger partial charge in [-0.2, -0.15) is 0 Å². The Labute approximate surface area is 296 Å². The van der Waals surface area contributed by atoms with Gasteiger partial charge in [0.15, 0.2) is 0 Å². The number of amides is 3. The van der Waals surface area contributed by atoms with Crippen LogP contribution in [0.5, 0.6) is 0 Å². The van der Waals surface area contributed by atoms with E-state index in [1.165, 1.54) is 25.2 Å². The number of halogens is 2. The molecule has 0 radical (unpaired) electrons. The van der Waals surface area contributed by atoms with Gasteiger partial charge in [-0.05, 0) is 23.1 Å². The summed E-state index contributed by atoms with van der Waals surface area (Å²) in [5, 5.41) is 16.4. The van der Waals surface area contributed by atoms with Crippen molar-refractivity contribution in [1.82, 2.24) is 15.2 Å². The standard InChI is InChI=1S/C25H29ClFN4O9P.2Na/c1-31(24(33)29-11-18-7-4-8-21(27)23(18)26)19(12-38-14-20(32)15-40-41(35,36)37)13-39-25(34)30-22-9-16-5-2-3-6-17(16)10-28-22;;/h2-10,19-20,32H,11-15H2,1H3,(H,29,33)(H,28,30,34)(H2,35,36,37);;/q;2*+1/p-2/t19-,20+;;/m0../s1. The van der Waals surface area contributed by atoms with E-state index >= 15 is 0 Å². The quantitative estimate of drug-likeness (QED) is 0.121. The minimum atomic E-state index is -5.28. The normalized spacial score (nSPS) is 12.3. The number of phosphoric acid groups is 1. The molecular formula is C25H27ClFN4Na2O9P. The molecule has 0 aliphatic rings. The molecule has 3 amide bonds. The number of fused-ring (bicyclic) bond motifs is 1. The number of phosphoric ester groups is 1. The zero-order valence-corrected chi connectivity index (χ0v) is 29.3. The second kappa shape index (κ2) is 19.2. The van der Waals surface area contributed by atoms with Crippen molar-refractivity contribution in [3.8, 4) is 0 Å². The Kier molecular flexibility index (Phi) is 17.7. The van der Waals surface area contributed by atoms with E-state index < -0.39 is 51.1 Å². The third kappa shape index (κ3) is 13.7. The van der Waals surface area contributed by atoms with E-state index in [0.717, 1.165) is 15.7 Å². The molecule has 0 aliphatic carbocycles. The molecule has 222 valence electrons. The summed E-state index contributed by atoms with van der Waals surface area (Å²) in [5.74, 6) is -0.414. The van der Waals surface area contributed by atoms with Crippen LogP contribution in [0.2, 0.25) is 5.02 Å². The van der Waals surface area contributed by atoms with Crippen LogP contribution in [0.1, 0.15) is 5.56 Å². The fourth-order valence-electron chi connectivity index (χ4n) is 3.45. The maximum Gasteiger partial charge on any atom is 1.00 e. The molecule has 0 saturated carbocycles. The smallest absolute Gasteiger partial charge is 0.790 e. The number of aliphatic hydroxyl groups excluding tert-OH is 1. The molecule has 3 aromatic rings. The van der Waals surface area contributed by atoms with Gasteiger partial charge >= 0.3 is 71.2 Å². The molecule has 1 heterocycles. The molecule has 0 spiro atoms. The number of ether oxygens (including phenoxy) is 2. The Morgan fingerprint density at radius 2 is 1.79 bits per heavy atom. The summed E-state index contributed by atoms with van der Waals surface area (Å²) >= 11 is 5.93. The first-order chi connectivity index (χ1) is 19.4. The molecule has 43 heavy (non-hydrogen) atoms. The first kappa shape index (κ1) is 39.7. The number of benzene rings is 2. The third-order valence-electron chi connectivity index (χ3n) is 5.64. The Balaban J connectivity index is 0.00000462. The van der Waals surface area contributed by atoms with Crippen molar-refractivity contribution in [3.05, 3.63) is 71.1 Å². The number of nitrogens with one attached hydrogen (secondary N) is 2. The zero-order valence-electron chi connectivity index (χ0n) is 23.7. The number of aromatic nitrogens is 1. The zero-order chi connectivity index (χ0) is 30.0. The van der Waals surface area contributed by atoms with Crippen molar-refractivity contribution < 1.29 is 107 Å². The van der Waals surface area contributed by atoms with Crippen LogP contribution in [0.4, 0.5) is 19.8 Å². The van der Waals surface area contributed by atoms with Crippen LogP contribution < -0.4 is 79.5 Å². The Morgan fingerprint density at radius 3 is 2.49 bits per heavy atom. The average molecular weight is 659 g/mol. The number of nitrogens with zero attached hydrogens (tertiary/aromatic N) is 2. The molecule has 1 aromatic heterocycles. The van der Waals surface area contributed by atoms with Crippen LogP contribution in [-0.2, 0) is 25.1 Å². The van der Waals surface area contributed by atoms with Crippen LogP contribution in [0.25, 0.3) is 10.8 Å². The van der Waals surface area contributed by atoms with Crippen LogP contribution in [0, 0.1) is 5.82 Å². The van der Waals surface area contributed by atoms with Crippen molar-refractivity contribution >= 4 is 48.1 Å². The Bertz CT molecular complexity index is 1410. The van der Waals surface area contributed by atoms with E-state index in [9.17, 15) is 33.4 Å². The van der Waals surface area contributed by atoms with Gasteiger partial charge in [-0.1, -0.05) is 48.0 Å². The van der Waals surface area contributed by atoms with Gasteiger partial charge in [0.05, 0.1) is 38.7 Å². The summed E-state index contributed by atoms with van der Waals surface area (Å²) in [6.45, 7) is -2.04. The van der Waals surface area contributed by atoms with Gasteiger partial charge in [-0.3, -0.25) is 5.32 Å². The van der Waals surface area contributed by atoms with Crippen molar-refractivity contribution in [3.63, 3.8) is 0 Å². The van der Waals surface area contributed by atoms with Crippen LogP contribution in [-0.4, -0.2) is 72.7 Å². The second-order valence-corrected chi connectivity index (χ2v) is 10.2. The summed E-state index contributed by atoms with van der Waals surface area (Å²) in [6, 6.07) is 11.6. The topological polar surface area (TPSA) is 185 Å². The summed E-state index contributed by atoms with van der Waals surface area (Å²) in [4.78, 5) is 51.8. The largest absolute Gasteiger partial charge is 1.00 e. The average Bonchev–Trinajstić information content (AvgIpc) is 2.93. The summed E-state index contributed by atoms with van der Waals surface area (Å²) in [6.07, 6.45) is -0.754. The van der Waals surface area contributed by atoms with E-state index in [1.54, 1.807) is 12.3 Å². The Hall–Kier alpha value is -1.36. The van der Waals surface area contributed by atoms with Crippen molar-refractivity contribution in [2.24, 2.45) is 0 Å². The summed E-state index contributed by atoms with van der Waals surface area (Å²) < 4.78 is 38.9. The van der Waals surface area contributed by atoms with Gasteiger partial charge < -0.3 is 43.7 Å². The van der Waals surface area contributed by atoms with Gasteiger partial charge in [-0.15, -0.1) is 0 Å². The molecule has 0 fully saturated rings. The summed E-state index contributed by atoms with van der Waals surface area (Å²) in [7, 11) is -3.90. The molecule has 0 unspecified atom stereocenters. The molecule has 0 bridgehead atoms. The van der Waals surface area contributed by atoms with Gasteiger partial charge in [0, 0.05) is 25.2 Å². The molecule has 13 nitrogen and oxygen atoms in total. The van der Waals surface area contributed by atoms with Gasteiger partial charge in [-0.25, -0.2) is 19.0 Å². The predicted molar refractivity (Wildman–Crippen MR) is 142 cm³/mol. The number of carbonyl (C=O) groups excluding carboxylic acids is 2.